The van der Waals surface area contributed by atoms with Crippen LogP contribution in [-0.2, 0) is 20.0 Å². The molecule has 1 heterocycles. The van der Waals surface area contributed by atoms with Gasteiger partial charge in [-0.2, -0.15) is 8.61 Å². The Hall–Kier alpha value is -2.62. The highest BCUT2D eigenvalue weighted by molar-refractivity contribution is 7.89. The number of likely N-dealkylation sites (N-methyl/N-ethyl adjacent to an activating group) is 1. The third-order valence-electron chi connectivity index (χ3n) is 7.90. The number of hydrogen-bond donors (Lipinski definition) is 1. The topological polar surface area (TPSA) is 113 Å². The summed E-state index contributed by atoms with van der Waals surface area (Å²) >= 11 is 0. The highest BCUT2D eigenvalue weighted by atomic mass is 32.2. The van der Waals surface area contributed by atoms with Crippen LogP contribution in [0, 0.1) is 23.7 Å². The van der Waals surface area contributed by atoms with Crippen LogP contribution in [0.2, 0.25) is 0 Å². The first kappa shape index (κ1) is 31.3. The van der Waals surface area contributed by atoms with E-state index in [1.54, 1.807) is 31.2 Å². The second kappa shape index (κ2) is 13.1. The van der Waals surface area contributed by atoms with E-state index in [1.807, 2.05) is 6.92 Å². The number of nitrogens with zero attached hydrogens (tertiary/aromatic N) is 2. The maximum absolute atomic E-state index is 13.7. The molecule has 224 valence electrons. The first-order valence-corrected chi connectivity index (χ1v) is 16.9. The van der Waals surface area contributed by atoms with E-state index in [9.17, 15) is 21.9 Å². The van der Waals surface area contributed by atoms with E-state index >= 15 is 0 Å². The van der Waals surface area contributed by atoms with Gasteiger partial charge in [0.05, 0.1) is 25.2 Å². The number of rotatable bonds is 7. The molecule has 0 saturated heterocycles. The zero-order valence-electron chi connectivity index (χ0n) is 24.1. The minimum Gasteiger partial charge on any atom is -0.497 e. The van der Waals surface area contributed by atoms with E-state index in [-0.39, 0.29) is 35.2 Å². The number of sulfonamides is 2. The zero-order chi connectivity index (χ0) is 29.8. The van der Waals surface area contributed by atoms with Gasteiger partial charge in [-0.15, -0.1) is 0 Å². The molecule has 3 atom stereocenters. The lowest BCUT2D eigenvalue weighted by Gasteiger charge is -2.37. The van der Waals surface area contributed by atoms with Gasteiger partial charge in [0.1, 0.15) is 22.5 Å². The average molecular weight is 605 g/mol. The molecule has 0 aromatic heterocycles. The minimum atomic E-state index is -4.01. The molecule has 11 heteroatoms. The van der Waals surface area contributed by atoms with Gasteiger partial charge in [-0.1, -0.05) is 38.0 Å². The van der Waals surface area contributed by atoms with Crippen LogP contribution in [-0.4, -0.2) is 76.6 Å². The fraction of sp³-hybridized carbons (Fsp3) is 0.533. The van der Waals surface area contributed by atoms with Crippen molar-refractivity contribution in [3.05, 3.63) is 48.0 Å². The molecule has 0 unspecified atom stereocenters. The Kier molecular flexibility index (Phi) is 10.0. The first-order valence-electron chi connectivity index (χ1n) is 14.0. The number of hydrogen-bond acceptors (Lipinski definition) is 7. The van der Waals surface area contributed by atoms with E-state index in [1.165, 1.54) is 47.4 Å². The number of fused-ring (bicyclic) bond motifs is 1. The van der Waals surface area contributed by atoms with Crippen LogP contribution in [0.4, 0.5) is 0 Å². The van der Waals surface area contributed by atoms with E-state index in [0.717, 1.165) is 25.7 Å². The molecule has 0 spiro atoms. The summed E-state index contributed by atoms with van der Waals surface area (Å²) in [5.41, 5.74) is 0.637. The lowest BCUT2D eigenvalue weighted by Crippen LogP contribution is -2.50. The number of benzene rings is 2. The van der Waals surface area contributed by atoms with Crippen LogP contribution in [0.3, 0.4) is 0 Å². The average Bonchev–Trinajstić information content (AvgIpc) is 2.97. The van der Waals surface area contributed by atoms with Gasteiger partial charge in [0.25, 0.3) is 0 Å². The Morgan fingerprint density at radius 3 is 2.46 bits per heavy atom. The molecule has 1 saturated carbocycles. The summed E-state index contributed by atoms with van der Waals surface area (Å²) < 4.78 is 68.3. The fourth-order valence-electron chi connectivity index (χ4n) is 5.23. The summed E-state index contributed by atoms with van der Waals surface area (Å²) in [4.78, 5) is 0.0802. The van der Waals surface area contributed by atoms with Crippen molar-refractivity contribution in [2.24, 2.45) is 11.8 Å². The van der Waals surface area contributed by atoms with Gasteiger partial charge in [0.15, 0.2) is 0 Å². The molecule has 1 fully saturated rings. The monoisotopic (exact) mass is 604 g/mol. The SMILES string of the molecule is COc1ccc(S(=O)(=O)N(C)C[C@@H]2Oc3cc(C#CC4CCCCC4)ccc3S(=O)(=O)N([C@H](C)CO)C[C@@H]2C)cc1. The number of aliphatic hydroxyl groups is 1. The molecule has 41 heavy (non-hydrogen) atoms. The van der Waals surface area contributed by atoms with Gasteiger partial charge < -0.3 is 14.6 Å². The van der Waals surface area contributed by atoms with Crippen LogP contribution >= 0.6 is 0 Å². The van der Waals surface area contributed by atoms with Crippen molar-refractivity contribution in [1.29, 1.82) is 0 Å². The van der Waals surface area contributed by atoms with Crippen LogP contribution in [0.15, 0.2) is 52.3 Å². The van der Waals surface area contributed by atoms with Crippen molar-refractivity contribution in [2.75, 3.05) is 33.9 Å². The summed E-state index contributed by atoms with van der Waals surface area (Å²) in [7, 11) is -4.89. The maximum Gasteiger partial charge on any atom is 0.247 e. The van der Waals surface area contributed by atoms with E-state index < -0.39 is 38.1 Å². The van der Waals surface area contributed by atoms with E-state index in [4.69, 9.17) is 9.47 Å². The highest BCUT2D eigenvalue weighted by Gasteiger charge is 2.39. The van der Waals surface area contributed by atoms with Crippen LogP contribution in [0.1, 0.15) is 51.5 Å². The second-order valence-corrected chi connectivity index (χ2v) is 14.9. The molecule has 0 bridgehead atoms. The molecule has 0 radical (unpaired) electrons. The van der Waals surface area contributed by atoms with Crippen LogP contribution in [0.25, 0.3) is 0 Å². The molecule has 4 rings (SSSR count). The predicted molar refractivity (Wildman–Crippen MR) is 157 cm³/mol. The van der Waals surface area contributed by atoms with Gasteiger partial charge in [0, 0.05) is 37.0 Å². The Morgan fingerprint density at radius 2 is 1.83 bits per heavy atom. The standard InChI is InChI=1S/C30H40N2O7S2/c1-22-19-32(23(2)21-33)41(36,37)30-17-12-25(11-10-24-8-6-5-7-9-24)18-28(30)39-29(22)20-31(3)40(34,35)27-15-13-26(38-4)14-16-27/h12-18,22-24,29,33H,5-9,19-21H2,1-4H3/t22-,23+,29-/m0/s1. The minimum absolute atomic E-state index is 0.0195. The molecule has 2 aliphatic rings. The lowest BCUT2D eigenvalue weighted by atomic mass is 9.90. The largest absolute Gasteiger partial charge is 0.497 e. The first-order chi connectivity index (χ1) is 19.5. The van der Waals surface area contributed by atoms with Gasteiger partial charge in [-0.25, -0.2) is 16.8 Å². The van der Waals surface area contributed by atoms with Gasteiger partial charge in [-0.05, 0) is 62.2 Å². The van der Waals surface area contributed by atoms with Crippen LogP contribution in [0.5, 0.6) is 11.5 Å². The van der Waals surface area contributed by atoms with Crippen molar-refractivity contribution in [3.8, 4) is 23.3 Å². The summed E-state index contributed by atoms with van der Waals surface area (Å²) in [6.45, 7) is 3.14. The molecular formula is C30H40N2O7S2. The molecule has 0 amide bonds. The van der Waals surface area contributed by atoms with Crippen molar-refractivity contribution >= 4 is 20.0 Å². The third kappa shape index (κ3) is 7.07. The normalized spacial score (nSPS) is 22.4. The van der Waals surface area contributed by atoms with E-state index in [0.29, 0.717) is 17.2 Å². The fourth-order valence-corrected chi connectivity index (χ4v) is 8.24. The quantitative estimate of drug-likeness (QED) is 0.480. The molecule has 1 aliphatic heterocycles. The Bertz CT molecular complexity index is 1470. The van der Waals surface area contributed by atoms with Gasteiger partial charge >= 0.3 is 0 Å². The lowest BCUT2D eigenvalue weighted by molar-refractivity contribution is 0.0904. The zero-order valence-corrected chi connectivity index (χ0v) is 25.7. The van der Waals surface area contributed by atoms with Crippen LogP contribution < -0.4 is 9.47 Å². The molecule has 2 aromatic carbocycles. The highest BCUT2D eigenvalue weighted by Crippen LogP contribution is 2.35. The van der Waals surface area contributed by atoms with E-state index in [2.05, 4.69) is 11.8 Å². The van der Waals surface area contributed by atoms with Crippen molar-refractivity contribution < 1.29 is 31.4 Å². The van der Waals surface area contributed by atoms with Crippen molar-refractivity contribution in [3.63, 3.8) is 0 Å². The molecule has 9 nitrogen and oxygen atoms in total. The third-order valence-corrected chi connectivity index (χ3v) is 11.8. The molecule has 1 aliphatic carbocycles. The number of aliphatic hydroxyl groups excluding tert-OH is 1. The predicted octanol–water partition coefficient (Wildman–Crippen LogP) is 3.72. The Balaban J connectivity index is 1.69. The summed E-state index contributed by atoms with van der Waals surface area (Å²) in [5.74, 6) is 7.12. The maximum atomic E-state index is 13.7. The molecular weight excluding hydrogens is 564 g/mol. The molecule has 2 aromatic rings. The smallest absolute Gasteiger partial charge is 0.247 e. The Labute approximate surface area is 244 Å². The summed E-state index contributed by atoms with van der Waals surface area (Å²) in [6.07, 6.45) is 4.99. The van der Waals surface area contributed by atoms with Gasteiger partial charge in [0.2, 0.25) is 20.0 Å². The molecule has 1 N–H and O–H groups in total. The second-order valence-electron chi connectivity index (χ2n) is 11.0. The summed E-state index contributed by atoms with van der Waals surface area (Å²) in [6, 6.07) is 10.3. The Morgan fingerprint density at radius 1 is 1.15 bits per heavy atom. The van der Waals surface area contributed by atoms with Crippen molar-refractivity contribution in [2.45, 2.75) is 67.9 Å². The number of methoxy groups -OCH3 is 1. The van der Waals surface area contributed by atoms with Crippen molar-refractivity contribution in [1.82, 2.24) is 8.61 Å². The van der Waals surface area contributed by atoms with Gasteiger partial charge in [-0.3, -0.25) is 0 Å². The number of ether oxygens (including phenoxy) is 2. The summed E-state index contributed by atoms with van der Waals surface area (Å²) in [5, 5.41) is 9.88.